The SMILES string of the molecule is CCC(CN=C(N)NCC1CCC1)Oc1cccc(C)c1.I. The number of aryl methyl sites for hydroxylation is 1. The highest BCUT2D eigenvalue weighted by Gasteiger charge is 2.17. The summed E-state index contributed by atoms with van der Waals surface area (Å²) in [4.78, 5) is 4.40. The van der Waals surface area contributed by atoms with Crippen LogP contribution in [-0.2, 0) is 0 Å². The molecule has 0 amide bonds. The Bertz CT molecular complexity index is 475. The van der Waals surface area contributed by atoms with Crippen LogP contribution < -0.4 is 15.8 Å². The highest BCUT2D eigenvalue weighted by atomic mass is 127. The molecule has 1 unspecified atom stereocenters. The van der Waals surface area contributed by atoms with E-state index in [0.717, 1.165) is 24.6 Å². The maximum absolute atomic E-state index is 5.96. The van der Waals surface area contributed by atoms with Gasteiger partial charge in [-0.2, -0.15) is 0 Å². The number of hydrogen-bond acceptors (Lipinski definition) is 2. The molecule has 0 spiro atoms. The second-order valence-corrected chi connectivity index (χ2v) is 5.87. The maximum Gasteiger partial charge on any atom is 0.188 e. The zero-order chi connectivity index (χ0) is 15.1. The van der Waals surface area contributed by atoms with Crippen molar-refractivity contribution in [1.82, 2.24) is 5.32 Å². The molecule has 0 saturated heterocycles. The van der Waals surface area contributed by atoms with E-state index in [4.69, 9.17) is 10.5 Å². The molecule has 0 aliphatic heterocycles. The molecule has 0 bridgehead atoms. The number of halogens is 1. The average molecular weight is 417 g/mol. The van der Waals surface area contributed by atoms with Crippen LogP contribution in [0.3, 0.4) is 0 Å². The zero-order valence-corrected chi connectivity index (χ0v) is 15.9. The summed E-state index contributed by atoms with van der Waals surface area (Å²) < 4.78 is 5.96. The van der Waals surface area contributed by atoms with Crippen molar-refractivity contribution in [3.63, 3.8) is 0 Å². The molecule has 1 saturated carbocycles. The third kappa shape index (κ3) is 6.42. The van der Waals surface area contributed by atoms with E-state index >= 15 is 0 Å². The highest BCUT2D eigenvalue weighted by Crippen LogP contribution is 2.25. The second-order valence-electron chi connectivity index (χ2n) is 5.87. The van der Waals surface area contributed by atoms with Crippen molar-refractivity contribution in [2.24, 2.45) is 16.6 Å². The topological polar surface area (TPSA) is 59.6 Å². The van der Waals surface area contributed by atoms with Crippen LogP contribution in [0.2, 0.25) is 0 Å². The summed E-state index contributed by atoms with van der Waals surface area (Å²) in [6.45, 7) is 5.71. The summed E-state index contributed by atoms with van der Waals surface area (Å²) in [7, 11) is 0. The fraction of sp³-hybridized carbons (Fsp3) is 0.588. The lowest BCUT2D eigenvalue weighted by Crippen LogP contribution is -2.38. The van der Waals surface area contributed by atoms with Gasteiger partial charge in [-0.05, 0) is 49.8 Å². The van der Waals surface area contributed by atoms with Crippen LogP contribution in [0.25, 0.3) is 0 Å². The Labute approximate surface area is 150 Å². The summed E-state index contributed by atoms with van der Waals surface area (Å²) in [5.74, 6) is 2.22. The Kier molecular flexibility index (Phi) is 8.60. The van der Waals surface area contributed by atoms with Crippen LogP contribution in [0, 0.1) is 12.8 Å². The lowest BCUT2D eigenvalue weighted by atomic mass is 9.85. The zero-order valence-electron chi connectivity index (χ0n) is 13.5. The van der Waals surface area contributed by atoms with Crippen molar-refractivity contribution < 1.29 is 4.74 Å². The van der Waals surface area contributed by atoms with Crippen molar-refractivity contribution in [2.45, 2.75) is 45.6 Å². The molecule has 0 aromatic heterocycles. The molecule has 0 heterocycles. The molecule has 1 aliphatic rings. The van der Waals surface area contributed by atoms with Crippen LogP contribution in [0.5, 0.6) is 5.75 Å². The van der Waals surface area contributed by atoms with E-state index in [1.54, 1.807) is 0 Å². The number of rotatable bonds is 7. The van der Waals surface area contributed by atoms with E-state index in [-0.39, 0.29) is 30.1 Å². The first-order valence-corrected chi connectivity index (χ1v) is 7.94. The fourth-order valence-corrected chi connectivity index (χ4v) is 2.33. The van der Waals surface area contributed by atoms with Gasteiger partial charge >= 0.3 is 0 Å². The molecular formula is C17H28IN3O. The van der Waals surface area contributed by atoms with Crippen LogP contribution in [0.15, 0.2) is 29.3 Å². The van der Waals surface area contributed by atoms with Gasteiger partial charge < -0.3 is 15.8 Å². The Balaban J connectivity index is 0.00000242. The number of aliphatic imine (C=N–C) groups is 1. The molecule has 1 atom stereocenters. The Morgan fingerprint density at radius 2 is 2.23 bits per heavy atom. The number of guanidine groups is 1. The van der Waals surface area contributed by atoms with Gasteiger partial charge in [0.25, 0.3) is 0 Å². The molecule has 1 aliphatic carbocycles. The standard InChI is InChI=1S/C17H27N3O.HI/c1-3-15(21-16-9-4-6-13(2)10-16)12-20-17(18)19-11-14-7-5-8-14;/h4,6,9-10,14-15H,3,5,7-8,11-12H2,1-2H3,(H3,18,19,20);1H. The normalized spacial score (nSPS) is 16.4. The van der Waals surface area contributed by atoms with Crippen molar-refractivity contribution in [1.29, 1.82) is 0 Å². The van der Waals surface area contributed by atoms with E-state index in [0.29, 0.717) is 12.5 Å². The number of nitrogens with zero attached hydrogens (tertiary/aromatic N) is 1. The second kappa shape index (κ2) is 9.92. The molecule has 2 rings (SSSR count). The lowest BCUT2D eigenvalue weighted by molar-refractivity contribution is 0.205. The van der Waals surface area contributed by atoms with Crippen molar-refractivity contribution in [3.05, 3.63) is 29.8 Å². The first kappa shape index (κ1) is 19.1. The minimum atomic E-state index is 0. The monoisotopic (exact) mass is 417 g/mol. The van der Waals surface area contributed by atoms with Gasteiger partial charge in [0, 0.05) is 6.54 Å². The summed E-state index contributed by atoms with van der Waals surface area (Å²) in [6, 6.07) is 8.10. The lowest BCUT2D eigenvalue weighted by Gasteiger charge is -2.25. The predicted octanol–water partition coefficient (Wildman–Crippen LogP) is 3.47. The third-order valence-corrected chi connectivity index (χ3v) is 4.01. The highest BCUT2D eigenvalue weighted by molar-refractivity contribution is 14.0. The molecule has 1 fully saturated rings. The third-order valence-electron chi connectivity index (χ3n) is 4.01. The average Bonchev–Trinajstić information content (AvgIpc) is 2.41. The van der Waals surface area contributed by atoms with E-state index in [2.05, 4.69) is 30.2 Å². The molecule has 4 nitrogen and oxygen atoms in total. The first-order chi connectivity index (χ1) is 10.2. The van der Waals surface area contributed by atoms with Crippen LogP contribution in [0.1, 0.15) is 38.2 Å². The van der Waals surface area contributed by atoms with Crippen LogP contribution >= 0.6 is 24.0 Å². The molecule has 5 heteroatoms. The Morgan fingerprint density at radius 3 is 2.82 bits per heavy atom. The first-order valence-electron chi connectivity index (χ1n) is 7.94. The van der Waals surface area contributed by atoms with Gasteiger partial charge in [0.05, 0.1) is 6.54 Å². The van der Waals surface area contributed by atoms with E-state index < -0.39 is 0 Å². The van der Waals surface area contributed by atoms with Crippen molar-refractivity contribution in [3.8, 4) is 5.75 Å². The number of hydrogen-bond donors (Lipinski definition) is 2. The molecular weight excluding hydrogens is 389 g/mol. The van der Waals surface area contributed by atoms with Crippen LogP contribution in [0.4, 0.5) is 0 Å². The quantitative estimate of drug-likeness (QED) is 0.406. The van der Waals surface area contributed by atoms with Gasteiger partial charge in [-0.25, -0.2) is 4.99 Å². The largest absolute Gasteiger partial charge is 0.489 e. The van der Waals surface area contributed by atoms with Crippen LogP contribution in [-0.4, -0.2) is 25.2 Å². The van der Waals surface area contributed by atoms with Gasteiger partial charge in [-0.15, -0.1) is 24.0 Å². The molecule has 22 heavy (non-hydrogen) atoms. The minimum absolute atomic E-state index is 0. The molecule has 1 aromatic rings. The number of nitrogens with two attached hydrogens (primary N) is 1. The maximum atomic E-state index is 5.96. The van der Waals surface area contributed by atoms with E-state index in [1.807, 2.05) is 18.2 Å². The van der Waals surface area contributed by atoms with Gasteiger partial charge in [0.15, 0.2) is 5.96 Å². The van der Waals surface area contributed by atoms with Crippen molar-refractivity contribution in [2.75, 3.05) is 13.1 Å². The minimum Gasteiger partial charge on any atom is -0.489 e. The summed E-state index contributed by atoms with van der Waals surface area (Å²) >= 11 is 0. The Hall–Kier alpha value is -0.980. The summed E-state index contributed by atoms with van der Waals surface area (Å²) in [5, 5.41) is 3.21. The fourth-order valence-electron chi connectivity index (χ4n) is 2.33. The van der Waals surface area contributed by atoms with Gasteiger partial charge in [0.1, 0.15) is 11.9 Å². The van der Waals surface area contributed by atoms with E-state index in [1.165, 1.54) is 24.8 Å². The van der Waals surface area contributed by atoms with Gasteiger partial charge in [-0.1, -0.05) is 25.5 Å². The molecule has 3 N–H and O–H groups in total. The predicted molar refractivity (Wildman–Crippen MR) is 103 cm³/mol. The summed E-state index contributed by atoms with van der Waals surface area (Å²) in [5.41, 5.74) is 7.11. The smallest absolute Gasteiger partial charge is 0.188 e. The van der Waals surface area contributed by atoms with E-state index in [9.17, 15) is 0 Å². The van der Waals surface area contributed by atoms with Crippen molar-refractivity contribution >= 4 is 29.9 Å². The van der Waals surface area contributed by atoms with Gasteiger partial charge in [-0.3, -0.25) is 0 Å². The number of nitrogens with one attached hydrogen (secondary N) is 1. The molecule has 1 aromatic carbocycles. The summed E-state index contributed by atoms with van der Waals surface area (Å²) in [6.07, 6.45) is 4.96. The Morgan fingerprint density at radius 1 is 1.45 bits per heavy atom. The number of benzene rings is 1. The molecule has 124 valence electrons. The number of ether oxygens (including phenoxy) is 1. The van der Waals surface area contributed by atoms with Gasteiger partial charge in [0.2, 0.25) is 0 Å². The molecule has 0 radical (unpaired) electrons.